The van der Waals surface area contributed by atoms with Crippen molar-refractivity contribution >= 4 is 39.2 Å². The number of aromatic nitrogens is 2. The molecular formula is C20H24N4O2S. The molecule has 142 valence electrons. The molecule has 0 saturated carbocycles. The summed E-state index contributed by atoms with van der Waals surface area (Å²) in [6.45, 7) is 7.77. The highest BCUT2D eigenvalue weighted by molar-refractivity contribution is 7.18. The second-order valence-electron chi connectivity index (χ2n) is 7.59. The zero-order valence-electron chi connectivity index (χ0n) is 16.2. The summed E-state index contributed by atoms with van der Waals surface area (Å²) in [4.78, 5) is 29.9. The number of imidazole rings is 1. The number of benzene rings is 1. The van der Waals surface area contributed by atoms with Gasteiger partial charge in [-0.25, -0.2) is 4.98 Å². The molecule has 3 aromatic rings. The number of nitrogens with one attached hydrogen (secondary N) is 2. The molecule has 3 rings (SSSR count). The van der Waals surface area contributed by atoms with Gasteiger partial charge in [-0.2, -0.15) is 0 Å². The summed E-state index contributed by atoms with van der Waals surface area (Å²) < 4.78 is 1.98. The molecule has 0 saturated heterocycles. The van der Waals surface area contributed by atoms with Crippen LogP contribution in [0, 0.1) is 12.3 Å². The third-order valence-electron chi connectivity index (χ3n) is 4.33. The number of hydrogen-bond acceptors (Lipinski definition) is 4. The van der Waals surface area contributed by atoms with E-state index in [1.807, 2.05) is 69.6 Å². The number of carbonyl (C=O) groups is 2. The number of carbonyl (C=O) groups excluding carboxylic acids is 2. The van der Waals surface area contributed by atoms with Gasteiger partial charge < -0.3 is 15.2 Å². The fourth-order valence-electron chi connectivity index (χ4n) is 2.66. The van der Waals surface area contributed by atoms with Crippen molar-refractivity contribution in [2.45, 2.75) is 34.2 Å². The Labute approximate surface area is 162 Å². The van der Waals surface area contributed by atoms with Crippen LogP contribution in [-0.2, 0) is 18.4 Å². The van der Waals surface area contributed by atoms with Crippen molar-refractivity contribution in [2.24, 2.45) is 12.5 Å². The molecule has 1 aromatic carbocycles. The SMILES string of the molecule is Cc1cc(NC(=O)C(C)(C)C)sc1C(=O)NCc1nc2ccccc2n1C. The third-order valence-corrected chi connectivity index (χ3v) is 5.48. The highest BCUT2D eigenvalue weighted by Crippen LogP contribution is 2.28. The molecule has 2 aromatic heterocycles. The summed E-state index contributed by atoms with van der Waals surface area (Å²) in [5.41, 5.74) is 2.29. The molecule has 0 aliphatic carbocycles. The number of hydrogen-bond donors (Lipinski definition) is 2. The van der Waals surface area contributed by atoms with Gasteiger partial charge in [0.25, 0.3) is 5.91 Å². The molecule has 0 radical (unpaired) electrons. The van der Waals surface area contributed by atoms with Crippen LogP contribution < -0.4 is 10.6 Å². The number of anilines is 1. The normalized spacial score (nSPS) is 11.6. The topological polar surface area (TPSA) is 76.0 Å². The second kappa shape index (κ2) is 7.15. The highest BCUT2D eigenvalue weighted by Gasteiger charge is 2.23. The third kappa shape index (κ3) is 4.03. The van der Waals surface area contributed by atoms with Gasteiger partial charge in [-0.15, -0.1) is 11.3 Å². The fourth-order valence-corrected chi connectivity index (χ4v) is 3.65. The lowest BCUT2D eigenvalue weighted by Gasteiger charge is -2.16. The van der Waals surface area contributed by atoms with E-state index < -0.39 is 5.41 Å². The largest absolute Gasteiger partial charge is 0.344 e. The van der Waals surface area contributed by atoms with Crippen molar-refractivity contribution in [1.82, 2.24) is 14.9 Å². The lowest BCUT2D eigenvalue weighted by molar-refractivity contribution is -0.123. The van der Waals surface area contributed by atoms with Crippen molar-refractivity contribution in [3.05, 3.63) is 46.6 Å². The zero-order chi connectivity index (χ0) is 19.8. The summed E-state index contributed by atoms with van der Waals surface area (Å²) in [5.74, 6) is 0.552. The molecule has 0 spiro atoms. The van der Waals surface area contributed by atoms with Gasteiger partial charge in [-0.3, -0.25) is 9.59 Å². The predicted molar refractivity (Wildman–Crippen MR) is 109 cm³/mol. The van der Waals surface area contributed by atoms with Crippen LogP contribution in [0.3, 0.4) is 0 Å². The standard InChI is InChI=1S/C20H24N4O2S/c1-12-10-16(23-19(26)20(2,3)4)27-17(12)18(25)21-11-15-22-13-8-6-7-9-14(13)24(15)5/h6-10H,11H2,1-5H3,(H,21,25)(H,23,26). The van der Waals surface area contributed by atoms with E-state index in [4.69, 9.17) is 0 Å². The van der Waals surface area contributed by atoms with Crippen LogP contribution >= 0.6 is 11.3 Å². The molecule has 0 aliphatic heterocycles. The van der Waals surface area contributed by atoms with Gasteiger partial charge in [-0.05, 0) is 30.7 Å². The molecule has 27 heavy (non-hydrogen) atoms. The Hall–Kier alpha value is -2.67. The first-order valence-corrected chi connectivity index (χ1v) is 9.59. The molecule has 2 heterocycles. The van der Waals surface area contributed by atoms with Gasteiger partial charge in [0.1, 0.15) is 5.82 Å². The van der Waals surface area contributed by atoms with E-state index in [2.05, 4.69) is 15.6 Å². The highest BCUT2D eigenvalue weighted by atomic mass is 32.1. The van der Waals surface area contributed by atoms with Gasteiger partial charge in [0.2, 0.25) is 5.91 Å². The van der Waals surface area contributed by atoms with E-state index in [-0.39, 0.29) is 11.8 Å². The monoisotopic (exact) mass is 384 g/mol. The average Bonchev–Trinajstić information content (AvgIpc) is 3.12. The number of nitrogens with zero attached hydrogens (tertiary/aromatic N) is 2. The number of para-hydroxylation sites is 2. The lowest BCUT2D eigenvalue weighted by atomic mass is 9.96. The molecule has 0 atom stereocenters. The fraction of sp³-hybridized carbons (Fsp3) is 0.350. The van der Waals surface area contributed by atoms with E-state index >= 15 is 0 Å². The maximum absolute atomic E-state index is 12.6. The first kappa shape index (κ1) is 19.1. The molecule has 0 fully saturated rings. The molecule has 2 amide bonds. The van der Waals surface area contributed by atoms with Crippen LogP contribution in [0.5, 0.6) is 0 Å². The Kier molecular flexibility index (Phi) is 5.06. The van der Waals surface area contributed by atoms with Crippen LogP contribution in [0.4, 0.5) is 5.00 Å². The van der Waals surface area contributed by atoms with Crippen LogP contribution in [-0.4, -0.2) is 21.4 Å². The van der Waals surface area contributed by atoms with Crippen LogP contribution in [0.2, 0.25) is 0 Å². The quantitative estimate of drug-likeness (QED) is 0.717. The summed E-state index contributed by atoms with van der Waals surface area (Å²) in [6.07, 6.45) is 0. The van der Waals surface area contributed by atoms with Gasteiger partial charge in [0, 0.05) is 12.5 Å². The molecular weight excluding hydrogens is 360 g/mol. The minimum absolute atomic E-state index is 0.0737. The smallest absolute Gasteiger partial charge is 0.262 e. The van der Waals surface area contributed by atoms with Crippen LogP contribution in [0.15, 0.2) is 30.3 Å². The van der Waals surface area contributed by atoms with Gasteiger partial charge in [0.15, 0.2) is 0 Å². The van der Waals surface area contributed by atoms with Crippen molar-refractivity contribution in [1.29, 1.82) is 0 Å². The second-order valence-corrected chi connectivity index (χ2v) is 8.64. The zero-order valence-corrected chi connectivity index (χ0v) is 17.0. The first-order chi connectivity index (χ1) is 12.7. The van der Waals surface area contributed by atoms with Crippen LogP contribution in [0.25, 0.3) is 11.0 Å². The number of amides is 2. The summed E-state index contributed by atoms with van der Waals surface area (Å²) in [5, 5.41) is 6.49. The minimum atomic E-state index is -0.486. The Morgan fingerprint density at radius 1 is 1.22 bits per heavy atom. The first-order valence-electron chi connectivity index (χ1n) is 8.77. The van der Waals surface area contributed by atoms with Gasteiger partial charge in [0.05, 0.1) is 27.5 Å². The van der Waals surface area contributed by atoms with Gasteiger partial charge in [-0.1, -0.05) is 32.9 Å². The van der Waals surface area contributed by atoms with Crippen molar-refractivity contribution < 1.29 is 9.59 Å². The number of thiophene rings is 1. The number of rotatable bonds is 4. The van der Waals surface area contributed by atoms with Gasteiger partial charge >= 0.3 is 0 Å². The Morgan fingerprint density at radius 3 is 2.59 bits per heavy atom. The molecule has 0 bridgehead atoms. The van der Waals surface area contributed by atoms with E-state index in [1.165, 1.54) is 11.3 Å². The van der Waals surface area contributed by atoms with Crippen molar-refractivity contribution in [3.63, 3.8) is 0 Å². The lowest BCUT2D eigenvalue weighted by Crippen LogP contribution is -2.27. The maximum Gasteiger partial charge on any atom is 0.262 e. The Balaban J connectivity index is 1.71. The van der Waals surface area contributed by atoms with Crippen molar-refractivity contribution in [2.75, 3.05) is 5.32 Å². The molecule has 2 N–H and O–H groups in total. The summed E-state index contributed by atoms with van der Waals surface area (Å²) >= 11 is 1.29. The summed E-state index contributed by atoms with van der Waals surface area (Å²) in [6, 6.07) is 9.70. The minimum Gasteiger partial charge on any atom is -0.344 e. The number of aryl methyl sites for hydroxylation is 2. The van der Waals surface area contributed by atoms with Crippen molar-refractivity contribution in [3.8, 4) is 0 Å². The summed E-state index contributed by atoms with van der Waals surface area (Å²) in [7, 11) is 1.94. The maximum atomic E-state index is 12.6. The predicted octanol–water partition coefficient (Wildman–Crippen LogP) is 3.86. The van der Waals surface area contributed by atoms with E-state index in [0.717, 1.165) is 22.4 Å². The average molecular weight is 385 g/mol. The molecule has 6 nitrogen and oxygen atoms in total. The molecule has 0 unspecified atom stereocenters. The van der Waals surface area contributed by atoms with E-state index in [1.54, 1.807) is 0 Å². The Morgan fingerprint density at radius 2 is 1.93 bits per heavy atom. The molecule has 0 aliphatic rings. The van der Waals surface area contributed by atoms with E-state index in [9.17, 15) is 9.59 Å². The number of fused-ring (bicyclic) bond motifs is 1. The van der Waals surface area contributed by atoms with Crippen LogP contribution in [0.1, 0.15) is 41.8 Å². The molecule has 7 heteroatoms. The van der Waals surface area contributed by atoms with E-state index in [0.29, 0.717) is 16.4 Å². The Bertz CT molecular complexity index is 1010.